The molecule has 10 heteroatoms. The van der Waals surface area contributed by atoms with E-state index < -0.39 is 38.7 Å². The van der Waals surface area contributed by atoms with Gasteiger partial charge < -0.3 is 9.84 Å². The Balaban J connectivity index is 1.70. The molecule has 152 valence electrons. The third-order valence-electron chi connectivity index (χ3n) is 4.48. The van der Waals surface area contributed by atoms with Crippen LogP contribution in [0.25, 0.3) is 0 Å². The minimum Gasteiger partial charge on any atom is -0.343 e. The van der Waals surface area contributed by atoms with Gasteiger partial charge >= 0.3 is 0 Å². The van der Waals surface area contributed by atoms with Gasteiger partial charge in [-0.05, 0) is 37.8 Å². The first-order valence-corrected chi connectivity index (χ1v) is 10.6. The van der Waals surface area contributed by atoms with E-state index in [-0.39, 0.29) is 11.8 Å². The van der Waals surface area contributed by atoms with Crippen molar-refractivity contribution < 1.29 is 22.1 Å². The summed E-state index contributed by atoms with van der Waals surface area (Å²) in [4.78, 5) is 16.4. The number of nitrogens with one attached hydrogen (secondary N) is 2. The Bertz CT molecular complexity index is 956. The van der Waals surface area contributed by atoms with E-state index in [1.165, 1.54) is 19.1 Å². The summed E-state index contributed by atoms with van der Waals surface area (Å²) >= 11 is 0. The van der Waals surface area contributed by atoms with E-state index in [4.69, 9.17) is 4.52 Å². The standard InChI is InChI=1S/C18H23FN4O4S/c1-10(2)15(18-21-16(22-27-18)12-8-9-12)20-17(24)11(3)23-28(25,26)14-7-5-4-6-13(14)19/h4-7,10-12,15,23H,8-9H2,1-3H3,(H,20,24)/t11-,15?/m0/s1. The predicted molar refractivity (Wildman–Crippen MR) is 98.2 cm³/mol. The van der Waals surface area contributed by atoms with Crippen molar-refractivity contribution >= 4 is 15.9 Å². The van der Waals surface area contributed by atoms with Gasteiger partial charge in [0.25, 0.3) is 0 Å². The molecule has 0 saturated heterocycles. The highest BCUT2D eigenvalue weighted by atomic mass is 32.2. The number of halogens is 1. The van der Waals surface area contributed by atoms with Crippen molar-refractivity contribution in [2.45, 2.75) is 56.5 Å². The van der Waals surface area contributed by atoms with Gasteiger partial charge in [-0.15, -0.1) is 0 Å². The normalized spacial score (nSPS) is 16.8. The van der Waals surface area contributed by atoms with Crippen LogP contribution >= 0.6 is 0 Å². The number of benzene rings is 1. The molecular formula is C18H23FN4O4S. The fourth-order valence-electron chi connectivity index (χ4n) is 2.69. The number of hydrogen-bond donors (Lipinski definition) is 2. The van der Waals surface area contributed by atoms with Crippen LogP contribution in [0.5, 0.6) is 0 Å². The molecule has 1 fully saturated rings. The predicted octanol–water partition coefficient (Wildman–Crippen LogP) is 2.27. The molecule has 1 unspecified atom stereocenters. The molecule has 2 N–H and O–H groups in total. The zero-order valence-corrected chi connectivity index (χ0v) is 16.7. The maximum Gasteiger partial charge on any atom is 0.249 e. The third-order valence-corrected chi connectivity index (χ3v) is 6.06. The average molecular weight is 410 g/mol. The largest absolute Gasteiger partial charge is 0.343 e. The highest BCUT2D eigenvalue weighted by Crippen LogP contribution is 2.38. The van der Waals surface area contributed by atoms with Crippen molar-refractivity contribution in [3.8, 4) is 0 Å². The van der Waals surface area contributed by atoms with Gasteiger partial charge in [-0.3, -0.25) is 4.79 Å². The molecule has 0 radical (unpaired) electrons. The topological polar surface area (TPSA) is 114 Å². The van der Waals surface area contributed by atoms with Crippen LogP contribution in [-0.2, 0) is 14.8 Å². The summed E-state index contributed by atoms with van der Waals surface area (Å²) in [5, 5.41) is 6.69. The summed E-state index contributed by atoms with van der Waals surface area (Å²) in [6.07, 6.45) is 2.04. The van der Waals surface area contributed by atoms with Crippen molar-refractivity contribution in [3.63, 3.8) is 0 Å². The molecule has 8 nitrogen and oxygen atoms in total. The smallest absolute Gasteiger partial charge is 0.249 e. The molecule has 0 aliphatic heterocycles. The summed E-state index contributed by atoms with van der Waals surface area (Å²) in [5.41, 5.74) is 0. The summed E-state index contributed by atoms with van der Waals surface area (Å²) < 4.78 is 46.0. The first-order valence-electron chi connectivity index (χ1n) is 9.09. The monoisotopic (exact) mass is 410 g/mol. The van der Waals surface area contributed by atoms with E-state index in [9.17, 15) is 17.6 Å². The van der Waals surface area contributed by atoms with E-state index in [0.717, 1.165) is 25.0 Å². The third kappa shape index (κ3) is 4.56. The van der Waals surface area contributed by atoms with Crippen molar-refractivity contribution in [1.82, 2.24) is 20.2 Å². The van der Waals surface area contributed by atoms with Gasteiger partial charge in [0.05, 0.1) is 6.04 Å². The average Bonchev–Trinajstić information content (AvgIpc) is 3.36. The second-order valence-electron chi connectivity index (χ2n) is 7.27. The second kappa shape index (κ2) is 7.96. The number of nitrogens with zero attached hydrogens (tertiary/aromatic N) is 2. The maximum absolute atomic E-state index is 13.8. The summed E-state index contributed by atoms with van der Waals surface area (Å²) in [6.45, 7) is 5.13. The highest BCUT2D eigenvalue weighted by molar-refractivity contribution is 7.89. The van der Waals surface area contributed by atoms with Crippen molar-refractivity contribution in [1.29, 1.82) is 0 Å². The first kappa shape index (κ1) is 20.4. The van der Waals surface area contributed by atoms with E-state index in [1.54, 1.807) is 0 Å². The summed E-state index contributed by atoms with van der Waals surface area (Å²) in [6, 6.07) is 3.28. The van der Waals surface area contributed by atoms with Gasteiger partial charge in [0.1, 0.15) is 16.8 Å². The molecule has 1 aromatic carbocycles. The quantitative estimate of drug-likeness (QED) is 0.690. The molecule has 28 heavy (non-hydrogen) atoms. The van der Waals surface area contributed by atoms with Crippen LogP contribution in [0.3, 0.4) is 0 Å². The summed E-state index contributed by atoms with van der Waals surface area (Å²) in [7, 11) is -4.19. The van der Waals surface area contributed by atoms with Crippen LogP contribution in [0.4, 0.5) is 4.39 Å². The number of rotatable bonds is 8. The Labute approximate surface area is 163 Å². The lowest BCUT2D eigenvalue weighted by Crippen LogP contribution is -2.46. The van der Waals surface area contributed by atoms with Crippen LogP contribution in [0.2, 0.25) is 0 Å². The lowest BCUT2D eigenvalue weighted by molar-refractivity contribution is -0.123. The lowest BCUT2D eigenvalue weighted by Gasteiger charge is -2.21. The van der Waals surface area contributed by atoms with Gasteiger partial charge in [-0.2, -0.15) is 9.71 Å². The Morgan fingerprint density at radius 3 is 2.54 bits per heavy atom. The minimum absolute atomic E-state index is 0.0631. The van der Waals surface area contributed by atoms with Crippen LogP contribution in [0.15, 0.2) is 33.7 Å². The number of aromatic nitrogens is 2. The van der Waals surface area contributed by atoms with Crippen LogP contribution in [0, 0.1) is 11.7 Å². The number of carbonyl (C=O) groups excluding carboxylic acids is 1. The molecular weight excluding hydrogens is 387 g/mol. The Morgan fingerprint density at radius 1 is 1.25 bits per heavy atom. The van der Waals surface area contributed by atoms with E-state index in [1.807, 2.05) is 13.8 Å². The van der Waals surface area contributed by atoms with Gasteiger partial charge in [0.15, 0.2) is 5.82 Å². The molecule has 1 heterocycles. The zero-order chi connectivity index (χ0) is 20.5. The SMILES string of the molecule is CC(C)C(NC(=O)[C@H](C)NS(=O)(=O)c1ccccc1F)c1nc(C2CC2)no1. The molecule has 1 amide bonds. The highest BCUT2D eigenvalue weighted by Gasteiger charge is 2.33. The molecule has 2 aromatic rings. The zero-order valence-electron chi connectivity index (χ0n) is 15.8. The van der Waals surface area contributed by atoms with Gasteiger partial charge in [0.2, 0.25) is 21.8 Å². The van der Waals surface area contributed by atoms with E-state index >= 15 is 0 Å². The molecule has 2 atom stereocenters. The van der Waals surface area contributed by atoms with Crippen molar-refractivity contribution in [3.05, 3.63) is 41.8 Å². The van der Waals surface area contributed by atoms with Gasteiger partial charge in [0, 0.05) is 5.92 Å². The van der Waals surface area contributed by atoms with E-state index in [2.05, 4.69) is 20.2 Å². The molecule has 1 saturated carbocycles. The first-order chi connectivity index (χ1) is 13.2. The Hall–Kier alpha value is -2.33. The fraction of sp³-hybridized carbons (Fsp3) is 0.500. The van der Waals surface area contributed by atoms with Crippen LogP contribution < -0.4 is 10.0 Å². The second-order valence-corrected chi connectivity index (χ2v) is 8.95. The molecule has 1 aliphatic rings. The molecule has 0 bridgehead atoms. The molecule has 3 rings (SSSR count). The number of amides is 1. The Morgan fingerprint density at radius 2 is 1.93 bits per heavy atom. The number of sulfonamides is 1. The van der Waals surface area contributed by atoms with Crippen molar-refractivity contribution in [2.24, 2.45) is 5.92 Å². The maximum atomic E-state index is 13.8. The number of hydrogen-bond acceptors (Lipinski definition) is 6. The molecule has 0 spiro atoms. The van der Waals surface area contributed by atoms with Crippen LogP contribution in [0.1, 0.15) is 57.3 Å². The Kier molecular flexibility index (Phi) is 5.80. The van der Waals surface area contributed by atoms with Gasteiger partial charge in [-0.25, -0.2) is 12.8 Å². The molecule has 1 aliphatic carbocycles. The van der Waals surface area contributed by atoms with E-state index in [0.29, 0.717) is 11.7 Å². The lowest BCUT2D eigenvalue weighted by atomic mass is 10.0. The number of carbonyl (C=O) groups is 1. The van der Waals surface area contributed by atoms with Crippen molar-refractivity contribution in [2.75, 3.05) is 0 Å². The fourth-order valence-corrected chi connectivity index (χ4v) is 3.97. The summed E-state index contributed by atoms with van der Waals surface area (Å²) in [5.74, 6) is -0.303. The minimum atomic E-state index is -4.19. The van der Waals surface area contributed by atoms with Crippen LogP contribution in [-0.4, -0.2) is 30.5 Å². The van der Waals surface area contributed by atoms with Gasteiger partial charge in [-0.1, -0.05) is 31.1 Å². The molecule has 1 aromatic heterocycles.